The zero-order valence-electron chi connectivity index (χ0n) is 11.4. The van der Waals surface area contributed by atoms with E-state index in [0.717, 1.165) is 18.1 Å². The molecule has 1 heterocycles. The largest absolute Gasteiger partial charge is 0.356 e. The van der Waals surface area contributed by atoms with Crippen LogP contribution in [0.5, 0.6) is 0 Å². The van der Waals surface area contributed by atoms with Gasteiger partial charge in [-0.3, -0.25) is 4.79 Å². The fourth-order valence-corrected chi connectivity index (χ4v) is 1.43. The minimum atomic E-state index is 0.0927. The monoisotopic (exact) mass is 250 g/mol. The first-order chi connectivity index (χ1) is 8.58. The molecular formula is C13H22N4O. The highest BCUT2D eigenvalue weighted by molar-refractivity contribution is 5.76. The Kier molecular flexibility index (Phi) is 6.28. The summed E-state index contributed by atoms with van der Waals surface area (Å²) in [5, 5.41) is 6.08. The lowest BCUT2D eigenvalue weighted by Crippen LogP contribution is -2.30. The minimum Gasteiger partial charge on any atom is -0.356 e. The molecule has 0 aliphatic rings. The molecule has 100 valence electrons. The molecule has 5 heteroatoms. The molecule has 0 radical (unpaired) electrons. The van der Waals surface area contributed by atoms with E-state index >= 15 is 0 Å². The van der Waals surface area contributed by atoms with Gasteiger partial charge in [-0.05, 0) is 18.9 Å². The molecule has 0 fully saturated rings. The molecule has 0 unspecified atom stereocenters. The van der Waals surface area contributed by atoms with Gasteiger partial charge in [0.2, 0.25) is 5.91 Å². The summed E-state index contributed by atoms with van der Waals surface area (Å²) in [7, 11) is 0. The summed E-state index contributed by atoms with van der Waals surface area (Å²) >= 11 is 0. The van der Waals surface area contributed by atoms with Crippen LogP contribution in [-0.4, -0.2) is 29.0 Å². The molecule has 5 nitrogen and oxygen atoms in total. The summed E-state index contributed by atoms with van der Waals surface area (Å²) in [5.41, 5.74) is 0.949. The second kappa shape index (κ2) is 7.76. The average Bonchev–Trinajstić information content (AvgIpc) is 2.32. The first-order valence-corrected chi connectivity index (χ1v) is 6.34. The van der Waals surface area contributed by atoms with Crippen molar-refractivity contribution in [2.45, 2.75) is 33.7 Å². The lowest BCUT2D eigenvalue weighted by Gasteiger charge is -2.08. The number of aryl methyl sites for hydroxylation is 1. The maximum absolute atomic E-state index is 11.4. The fraction of sp³-hybridized carbons (Fsp3) is 0.615. The summed E-state index contributed by atoms with van der Waals surface area (Å²) in [6.07, 6.45) is 2.24. The van der Waals surface area contributed by atoms with E-state index in [1.54, 1.807) is 6.20 Å². The van der Waals surface area contributed by atoms with Crippen LogP contribution < -0.4 is 10.6 Å². The van der Waals surface area contributed by atoms with E-state index in [-0.39, 0.29) is 5.91 Å². The van der Waals surface area contributed by atoms with Gasteiger partial charge in [-0.25, -0.2) is 9.97 Å². The molecule has 0 spiro atoms. The van der Waals surface area contributed by atoms with Crippen molar-refractivity contribution in [3.63, 3.8) is 0 Å². The van der Waals surface area contributed by atoms with Gasteiger partial charge in [-0.2, -0.15) is 0 Å². The second-order valence-electron chi connectivity index (χ2n) is 4.72. The third-order valence-electron chi connectivity index (χ3n) is 2.38. The molecule has 0 bridgehead atoms. The average molecular weight is 250 g/mol. The number of rotatable bonds is 7. The lowest BCUT2D eigenvalue weighted by atomic mass is 10.2. The first kappa shape index (κ1) is 14.6. The number of aromatic nitrogens is 2. The zero-order valence-corrected chi connectivity index (χ0v) is 11.4. The standard InChI is InChI=1S/C13H22N4O/c1-10(2)8-16-13(18)5-6-14-9-12-4-7-15-11(3)17-12/h4,7,10,14H,5-6,8-9H2,1-3H3,(H,16,18). The van der Waals surface area contributed by atoms with Gasteiger partial charge in [0.25, 0.3) is 0 Å². The zero-order chi connectivity index (χ0) is 13.4. The summed E-state index contributed by atoms with van der Waals surface area (Å²) < 4.78 is 0. The predicted molar refractivity (Wildman–Crippen MR) is 70.9 cm³/mol. The number of carbonyl (C=O) groups is 1. The van der Waals surface area contributed by atoms with Crippen LogP contribution in [0, 0.1) is 12.8 Å². The molecule has 1 amide bonds. The SMILES string of the molecule is Cc1nccc(CNCCC(=O)NCC(C)C)n1. The van der Waals surface area contributed by atoms with Crippen LogP contribution in [0.15, 0.2) is 12.3 Å². The molecule has 18 heavy (non-hydrogen) atoms. The number of hydrogen-bond acceptors (Lipinski definition) is 4. The van der Waals surface area contributed by atoms with Crippen molar-refractivity contribution in [2.75, 3.05) is 13.1 Å². The Morgan fingerprint density at radius 1 is 1.44 bits per heavy atom. The molecule has 1 aromatic heterocycles. The topological polar surface area (TPSA) is 66.9 Å². The van der Waals surface area contributed by atoms with Crippen molar-refractivity contribution in [1.82, 2.24) is 20.6 Å². The Morgan fingerprint density at radius 2 is 2.22 bits per heavy atom. The molecule has 0 aromatic carbocycles. The van der Waals surface area contributed by atoms with Crippen LogP contribution in [0.1, 0.15) is 31.8 Å². The molecule has 0 aliphatic carbocycles. The third kappa shape index (κ3) is 6.30. The van der Waals surface area contributed by atoms with E-state index in [1.807, 2.05) is 13.0 Å². The summed E-state index contributed by atoms with van der Waals surface area (Å²) in [4.78, 5) is 19.7. The summed E-state index contributed by atoms with van der Waals surface area (Å²) in [5.74, 6) is 1.35. The van der Waals surface area contributed by atoms with E-state index in [2.05, 4.69) is 34.4 Å². The molecule has 0 aliphatic heterocycles. The molecule has 0 saturated carbocycles. The van der Waals surface area contributed by atoms with Gasteiger partial charge in [0.1, 0.15) is 5.82 Å². The highest BCUT2D eigenvalue weighted by Gasteiger charge is 2.02. The van der Waals surface area contributed by atoms with Gasteiger partial charge >= 0.3 is 0 Å². The molecule has 1 rings (SSSR count). The highest BCUT2D eigenvalue weighted by Crippen LogP contribution is 1.94. The quantitative estimate of drug-likeness (QED) is 0.710. The van der Waals surface area contributed by atoms with Crippen molar-refractivity contribution in [2.24, 2.45) is 5.92 Å². The molecule has 1 aromatic rings. The normalized spacial score (nSPS) is 10.7. The smallest absolute Gasteiger partial charge is 0.221 e. The van der Waals surface area contributed by atoms with Crippen LogP contribution in [0.2, 0.25) is 0 Å². The van der Waals surface area contributed by atoms with Crippen molar-refractivity contribution in [3.8, 4) is 0 Å². The maximum Gasteiger partial charge on any atom is 0.221 e. The van der Waals surface area contributed by atoms with Gasteiger partial charge in [0, 0.05) is 32.3 Å². The number of nitrogens with zero attached hydrogens (tertiary/aromatic N) is 2. The molecule has 0 atom stereocenters. The summed E-state index contributed by atoms with van der Waals surface area (Å²) in [6.45, 7) is 8.09. The van der Waals surface area contributed by atoms with Crippen molar-refractivity contribution < 1.29 is 4.79 Å². The van der Waals surface area contributed by atoms with Gasteiger partial charge < -0.3 is 10.6 Å². The van der Waals surface area contributed by atoms with Gasteiger partial charge in [-0.15, -0.1) is 0 Å². The van der Waals surface area contributed by atoms with E-state index in [1.165, 1.54) is 0 Å². The van der Waals surface area contributed by atoms with Gasteiger partial charge in [0.05, 0.1) is 5.69 Å². The van der Waals surface area contributed by atoms with Gasteiger partial charge in [-0.1, -0.05) is 13.8 Å². The summed E-state index contributed by atoms with van der Waals surface area (Å²) in [6, 6.07) is 1.87. The number of hydrogen-bond donors (Lipinski definition) is 2. The molecule has 0 saturated heterocycles. The number of amides is 1. The Bertz CT molecular complexity index is 379. The van der Waals surface area contributed by atoms with Crippen molar-refractivity contribution in [3.05, 3.63) is 23.8 Å². The minimum absolute atomic E-state index is 0.0927. The van der Waals surface area contributed by atoms with Gasteiger partial charge in [0.15, 0.2) is 0 Å². The van der Waals surface area contributed by atoms with E-state index < -0.39 is 0 Å². The van der Waals surface area contributed by atoms with E-state index in [0.29, 0.717) is 25.4 Å². The number of nitrogens with one attached hydrogen (secondary N) is 2. The van der Waals surface area contributed by atoms with Crippen molar-refractivity contribution in [1.29, 1.82) is 0 Å². The van der Waals surface area contributed by atoms with Crippen LogP contribution in [0.4, 0.5) is 0 Å². The van der Waals surface area contributed by atoms with Crippen LogP contribution >= 0.6 is 0 Å². The second-order valence-corrected chi connectivity index (χ2v) is 4.72. The Hall–Kier alpha value is -1.49. The molecule has 2 N–H and O–H groups in total. The Balaban J connectivity index is 2.13. The number of carbonyl (C=O) groups excluding carboxylic acids is 1. The fourth-order valence-electron chi connectivity index (χ4n) is 1.43. The van der Waals surface area contributed by atoms with Crippen LogP contribution in [-0.2, 0) is 11.3 Å². The Labute approximate surface area is 108 Å². The van der Waals surface area contributed by atoms with E-state index in [9.17, 15) is 4.79 Å². The van der Waals surface area contributed by atoms with E-state index in [4.69, 9.17) is 0 Å². The molecular weight excluding hydrogens is 228 g/mol. The van der Waals surface area contributed by atoms with Crippen LogP contribution in [0.25, 0.3) is 0 Å². The predicted octanol–water partition coefficient (Wildman–Crippen LogP) is 1.04. The highest BCUT2D eigenvalue weighted by atomic mass is 16.1. The first-order valence-electron chi connectivity index (χ1n) is 6.34. The maximum atomic E-state index is 11.4. The van der Waals surface area contributed by atoms with Crippen LogP contribution in [0.3, 0.4) is 0 Å². The third-order valence-corrected chi connectivity index (χ3v) is 2.38. The van der Waals surface area contributed by atoms with Crippen molar-refractivity contribution >= 4 is 5.91 Å². The lowest BCUT2D eigenvalue weighted by molar-refractivity contribution is -0.121. The Morgan fingerprint density at radius 3 is 2.89 bits per heavy atom.